The van der Waals surface area contributed by atoms with Crippen LogP contribution in [0.4, 0.5) is 10.1 Å². The van der Waals surface area contributed by atoms with Gasteiger partial charge in [-0.2, -0.15) is 0 Å². The summed E-state index contributed by atoms with van der Waals surface area (Å²) in [5, 5.41) is 9.82. The number of aliphatic hydroxyl groups is 1. The number of anilines is 1. The summed E-state index contributed by atoms with van der Waals surface area (Å²) in [5.41, 5.74) is 1.17. The van der Waals surface area contributed by atoms with Gasteiger partial charge in [0.15, 0.2) is 0 Å². The molecule has 2 unspecified atom stereocenters. The molecule has 1 aromatic rings. The fraction of sp³-hybridized carbons (Fsp3) is 0.600. The lowest BCUT2D eigenvalue weighted by Crippen LogP contribution is -2.40. The van der Waals surface area contributed by atoms with Crippen LogP contribution in [0.3, 0.4) is 0 Å². The molecule has 0 radical (unpaired) electrons. The number of rotatable bonds is 6. The molecule has 0 spiro atoms. The van der Waals surface area contributed by atoms with E-state index in [1.54, 1.807) is 13.0 Å². The Balaban J connectivity index is 3.14. The van der Waals surface area contributed by atoms with E-state index < -0.39 is 6.10 Å². The summed E-state index contributed by atoms with van der Waals surface area (Å²) >= 11 is 0. The molecule has 1 aromatic carbocycles. The normalized spacial score (nSPS) is 14.5. The highest BCUT2D eigenvalue weighted by Crippen LogP contribution is 2.30. The summed E-state index contributed by atoms with van der Waals surface area (Å²) in [7, 11) is 4.04. The van der Waals surface area contributed by atoms with Crippen molar-refractivity contribution in [1.29, 1.82) is 0 Å². The van der Waals surface area contributed by atoms with Crippen molar-refractivity contribution < 1.29 is 9.50 Å². The van der Waals surface area contributed by atoms with Crippen LogP contribution in [0.2, 0.25) is 0 Å². The molecule has 3 nitrogen and oxygen atoms in total. The third-order valence-corrected chi connectivity index (χ3v) is 3.26. The molecule has 0 aliphatic heterocycles. The molecule has 19 heavy (non-hydrogen) atoms. The Hall–Kier alpha value is -1.13. The van der Waals surface area contributed by atoms with E-state index in [-0.39, 0.29) is 11.9 Å². The highest BCUT2D eigenvalue weighted by atomic mass is 19.1. The monoisotopic (exact) mass is 268 g/mol. The summed E-state index contributed by atoms with van der Waals surface area (Å²) in [4.78, 5) is 4.24. The number of aliphatic hydroxyl groups excluding tert-OH is 1. The van der Waals surface area contributed by atoms with Crippen LogP contribution in [0.1, 0.15) is 32.4 Å². The molecular formula is C15H25FN2O. The summed E-state index contributed by atoms with van der Waals surface area (Å²) in [6, 6.07) is 5.22. The van der Waals surface area contributed by atoms with Crippen LogP contribution in [0, 0.1) is 5.82 Å². The molecule has 1 rings (SSSR count). The highest BCUT2D eigenvalue weighted by molar-refractivity contribution is 5.55. The Morgan fingerprint density at radius 2 is 1.89 bits per heavy atom. The van der Waals surface area contributed by atoms with Crippen molar-refractivity contribution in [3.05, 3.63) is 29.6 Å². The molecule has 0 heterocycles. The van der Waals surface area contributed by atoms with E-state index in [1.807, 2.05) is 27.1 Å². The third-order valence-electron chi connectivity index (χ3n) is 3.26. The standard InChI is InChI=1S/C15H25FN2O/c1-6-18(11(2)10-17(4)5)14-9-7-8-13(16)15(14)12(3)19/h7-9,11-12,19H,6,10H2,1-5H3. The fourth-order valence-corrected chi connectivity index (χ4v) is 2.54. The maximum atomic E-state index is 13.9. The van der Waals surface area contributed by atoms with Crippen LogP contribution in [0.5, 0.6) is 0 Å². The minimum atomic E-state index is -0.809. The SMILES string of the molecule is CCN(c1cccc(F)c1C(C)O)C(C)CN(C)C. The van der Waals surface area contributed by atoms with Crippen molar-refractivity contribution in [2.75, 3.05) is 32.1 Å². The minimum absolute atomic E-state index is 0.249. The first-order valence-corrected chi connectivity index (χ1v) is 6.76. The molecule has 0 saturated carbocycles. The van der Waals surface area contributed by atoms with Crippen LogP contribution in [0.25, 0.3) is 0 Å². The van der Waals surface area contributed by atoms with Crippen LogP contribution >= 0.6 is 0 Å². The van der Waals surface area contributed by atoms with Gasteiger partial charge < -0.3 is 14.9 Å². The number of likely N-dealkylation sites (N-methyl/N-ethyl adjacent to an activating group) is 2. The maximum Gasteiger partial charge on any atom is 0.131 e. The molecule has 0 saturated heterocycles. The van der Waals surface area contributed by atoms with Crippen LogP contribution in [-0.2, 0) is 0 Å². The van der Waals surface area contributed by atoms with E-state index in [9.17, 15) is 9.50 Å². The van der Waals surface area contributed by atoms with Crippen molar-refractivity contribution >= 4 is 5.69 Å². The molecule has 0 amide bonds. The molecule has 0 bridgehead atoms. The van der Waals surface area contributed by atoms with Crippen LogP contribution in [-0.4, -0.2) is 43.2 Å². The fourth-order valence-electron chi connectivity index (χ4n) is 2.54. The van der Waals surface area contributed by atoms with E-state index in [0.717, 1.165) is 18.8 Å². The summed E-state index contributed by atoms with van der Waals surface area (Å²) in [6.45, 7) is 7.41. The zero-order valence-electron chi connectivity index (χ0n) is 12.5. The molecule has 4 heteroatoms. The molecule has 0 aliphatic carbocycles. The van der Waals surface area contributed by atoms with Gasteiger partial charge in [0, 0.05) is 30.4 Å². The van der Waals surface area contributed by atoms with Crippen molar-refractivity contribution in [3.63, 3.8) is 0 Å². The van der Waals surface area contributed by atoms with E-state index in [0.29, 0.717) is 5.56 Å². The average Bonchev–Trinajstić information content (AvgIpc) is 2.28. The van der Waals surface area contributed by atoms with Crippen molar-refractivity contribution in [2.24, 2.45) is 0 Å². The number of benzene rings is 1. The largest absolute Gasteiger partial charge is 0.389 e. The van der Waals surface area contributed by atoms with Gasteiger partial charge in [-0.3, -0.25) is 0 Å². The molecule has 2 atom stereocenters. The van der Waals surface area contributed by atoms with E-state index in [1.165, 1.54) is 6.07 Å². The van der Waals surface area contributed by atoms with Crippen molar-refractivity contribution in [3.8, 4) is 0 Å². The second kappa shape index (κ2) is 6.87. The second-order valence-corrected chi connectivity index (χ2v) is 5.25. The first-order valence-electron chi connectivity index (χ1n) is 6.76. The first-order chi connectivity index (χ1) is 8.88. The van der Waals surface area contributed by atoms with Crippen molar-refractivity contribution in [1.82, 2.24) is 4.90 Å². The lowest BCUT2D eigenvalue weighted by molar-refractivity contribution is 0.194. The minimum Gasteiger partial charge on any atom is -0.389 e. The van der Waals surface area contributed by atoms with E-state index >= 15 is 0 Å². The number of nitrogens with zero attached hydrogens (tertiary/aromatic N) is 2. The first kappa shape index (κ1) is 15.9. The number of halogens is 1. The predicted molar refractivity (Wildman–Crippen MR) is 78.1 cm³/mol. The van der Waals surface area contributed by atoms with Gasteiger partial charge in [0.1, 0.15) is 5.82 Å². The Morgan fingerprint density at radius 1 is 1.26 bits per heavy atom. The quantitative estimate of drug-likeness (QED) is 0.859. The van der Waals surface area contributed by atoms with Crippen LogP contribution < -0.4 is 4.90 Å². The van der Waals surface area contributed by atoms with E-state index in [2.05, 4.69) is 16.7 Å². The Labute approximate surface area is 115 Å². The average molecular weight is 268 g/mol. The van der Waals surface area contributed by atoms with Gasteiger partial charge in [-0.25, -0.2) is 4.39 Å². The highest BCUT2D eigenvalue weighted by Gasteiger charge is 2.21. The molecule has 0 fully saturated rings. The molecule has 1 N–H and O–H groups in total. The van der Waals surface area contributed by atoms with Crippen molar-refractivity contribution in [2.45, 2.75) is 32.9 Å². The summed E-state index contributed by atoms with van der Waals surface area (Å²) in [5.74, 6) is -0.344. The van der Waals surface area contributed by atoms with Gasteiger partial charge in [-0.15, -0.1) is 0 Å². The van der Waals surface area contributed by atoms with E-state index in [4.69, 9.17) is 0 Å². The van der Waals surface area contributed by atoms with Crippen LogP contribution in [0.15, 0.2) is 18.2 Å². The summed E-state index contributed by atoms with van der Waals surface area (Å²) < 4.78 is 13.9. The second-order valence-electron chi connectivity index (χ2n) is 5.25. The van der Waals surface area contributed by atoms with Gasteiger partial charge in [-0.1, -0.05) is 6.07 Å². The summed E-state index contributed by atoms with van der Waals surface area (Å²) in [6.07, 6.45) is -0.809. The van der Waals surface area contributed by atoms with Gasteiger partial charge in [-0.05, 0) is 47.0 Å². The Morgan fingerprint density at radius 3 is 2.37 bits per heavy atom. The van der Waals surface area contributed by atoms with Gasteiger partial charge in [0.25, 0.3) is 0 Å². The number of hydrogen-bond donors (Lipinski definition) is 1. The number of hydrogen-bond acceptors (Lipinski definition) is 3. The van der Waals surface area contributed by atoms with Gasteiger partial charge in [0.2, 0.25) is 0 Å². The maximum absolute atomic E-state index is 13.9. The molecule has 0 aliphatic rings. The zero-order chi connectivity index (χ0) is 14.6. The smallest absolute Gasteiger partial charge is 0.131 e. The zero-order valence-corrected chi connectivity index (χ0v) is 12.5. The van der Waals surface area contributed by atoms with Gasteiger partial charge in [0.05, 0.1) is 6.10 Å². The van der Waals surface area contributed by atoms with Gasteiger partial charge >= 0.3 is 0 Å². The molecule has 0 aromatic heterocycles. The lowest BCUT2D eigenvalue weighted by atomic mass is 10.0. The Kier molecular flexibility index (Phi) is 5.76. The Bertz CT molecular complexity index is 407. The molecular weight excluding hydrogens is 243 g/mol. The lowest BCUT2D eigenvalue weighted by Gasteiger charge is -2.34. The third kappa shape index (κ3) is 3.91. The molecule has 108 valence electrons. The topological polar surface area (TPSA) is 26.7 Å². The predicted octanol–water partition coefficient (Wildman–Crippen LogP) is 2.66.